The Balaban J connectivity index is 1.68. The van der Waals surface area contributed by atoms with E-state index in [1.54, 1.807) is 7.11 Å². The summed E-state index contributed by atoms with van der Waals surface area (Å²) < 4.78 is 5.43. The van der Waals surface area contributed by atoms with E-state index >= 15 is 0 Å². The lowest BCUT2D eigenvalue weighted by Crippen LogP contribution is -2.39. The number of hydrogen-bond donors (Lipinski definition) is 1. The van der Waals surface area contributed by atoms with Crippen molar-refractivity contribution in [2.75, 3.05) is 34.3 Å². The van der Waals surface area contributed by atoms with Gasteiger partial charge in [0.05, 0.1) is 6.10 Å². The van der Waals surface area contributed by atoms with Gasteiger partial charge in [-0.3, -0.25) is 9.69 Å². The molecule has 5 heteroatoms. The molecule has 2 heterocycles. The summed E-state index contributed by atoms with van der Waals surface area (Å²) in [6, 6.07) is 8.16. The van der Waals surface area contributed by atoms with Crippen molar-refractivity contribution in [3.63, 3.8) is 0 Å². The van der Waals surface area contributed by atoms with Crippen molar-refractivity contribution < 1.29 is 9.53 Å². The zero-order valence-corrected chi connectivity index (χ0v) is 13.4. The second-order valence-electron chi connectivity index (χ2n) is 6.15. The van der Waals surface area contributed by atoms with E-state index < -0.39 is 0 Å². The molecule has 0 spiro atoms. The molecule has 1 fully saturated rings. The van der Waals surface area contributed by atoms with E-state index in [0.717, 1.165) is 36.0 Å². The minimum absolute atomic E-state index is 0.0609. The van der Waals surface area contributed by atoms with Crippen molar-refractivity contribution in [2.24, 2.45) is 0 Å². The molecule has 0 radical (unpaired) electrons. The highest BCUT2D eigenvalue weighted by atomic mass is 16.5. The number of nitrogens with one attached hydrogen (secondary N) is 1. The maximum absolute atomic E-state index is 12.6. The van der Waals surface area contributed by atoms with Gasteiger partial charge in [0.1, 0.15) is 0 Å². The van der Waals surface area contributed by atoms with Crippen molar-refractivity contribution in [3.8, 4) is 0 Å². The average molecular weight is 301 g/mol. The number of likely N-dealkylation sites (N-methyl/N-ethyl adjacent to an activating group) is 2. The average Bonchev–Trinajstić information content (AvgIpc) is 3.12. The monoisotopic (exact) mass is 301 g/mol. The SMILES string of the molecule is CO[C@H]1C[C@@H](CN(C)C(=O)c2ccc3cc[nH]c3c2)N(C)C1. The van der Waals surface area contributed by atoms with Gasteiger partial charge < -0.3 is 14.6 Å². The molecular formula is C17H23N3O2. The summed E-state index contributed by atoms with van der Waals surface area (Å²) in [4.78, 5) is 19.8. The summed E-state index contributed by atoms with van der Waals surface area (Å²) in [5.74, 6) is 0.0609. The molecule has 1 aromatic carbocycles. The predicted octanol–water partition coefficient (Wildman–Crippen LogP) is 1.96. The number of carbonyl (C=O) groups is 1. The first-order chi connectivity index (χ1) is 10.6. The first kappa shape index (κ1) is 15.1. The van der Waals surface area contributed by atoms with Crippen molar-refractivity contribution in [2.45, 2.75) is 18.6 Å². The number of hydrogen-bond acceptors (Lipinski definition) is 3. The number of aromatic nitrogens is 1. The molecule has 1 aliphatic heterocycles. The van der Waals surface area contributed by atoms with Crippen LogP contribution < -0.4 is 0 Å². The van der Waals surface area contributed by atoms with Gasteiger partial charge in [0, 0.05) is 50.6 Å². The molecule has 0 unspecified atom stereocenters. The molecular weight excluding hydrogens is 278 g/mol. The molecule has 1 aromatic heterocycles. The maximum atomic E-state index is 12.6. The van der Waals surface area contributed by atoms with Gasteiger partial charge in [-0.05, 0) is 37.1 Å². The summed E-state index contributed by atoms with van der Waals surface area (Å²) in [6.07, 6.45) is 3.13. The Kier molecular flexibility index (Phi) is 4.18. The quantitative estimate of drug-likeness (QED) is 0.939. The molecule has 3 rings (SSSR count). The van der Waals surface area contributed by atoms with Crippen molar-refractivity contribution >= 4 is 16.8 Å². The molecule has 1 saturated heterocycles. The van der Waals surface area contributed by atoms with Gasteiger partial charge in [0.15, 0.2) is 0 Å². The molecule has 1 N–H and O–H groups in total. The van der Waals surface area contributed by atoms with Crippen molar-refractivity contribution in [3.05, 3.63) is 36.0 Å². The number of fused-ring (bicyclic) bond motifs is 1. The van der Waals surface area contributed by atoms with Gasteiger partial charge in [-0.25, -0.2) is 0 Å². The smallest absolute Gasteiger partial charge is 0.253 e. The fraction of sp³-hybridized carbons (Fsp3) is 0.471. The molecule has 1 amide bonds. The largest absolute Gasteiger partial charge is 0.380 e. The minimum atomic E-state index is 0.0609. The summed E-state index contributed by atoms with van der Waals surface area (Å²) >= 11 is 0. The third-order valence-electron chi connectivity index (χ3n) is 4.62. The van der Waals surface area contributed by atoms with E-state index in [-0.39, 0.29) is 12.0 Å². The first-order valence-electron chi connectivity index (χ1n) is 7.64. The molecule has 2 aromatic rings. The standard InChI is InChI=1S/C17H23N3O2/c1-19-11-15(22-3)9-14(19)10-20(2)17(21)13-5-4-12-6-7-18-16(12)8-13/h4-8,14-15,18H,9-11H2,1-3H3/t14-,15-/m0/s1. The van der Waals surface area contributed by atoms with Crippen LogP contribution in [-0.2, 0) is 4.74 Å². The Morgan fingerprint density at radius 3 is 3.00 bits per heavy atom. The molecule has 0 saturated carbocycles. The van der Waals surface area contributed by atoms with E-state index in [1.807, 2.05) is 42.4 Å². The molecule has 0 bridgehead atoms. The molecule has 5 nitrogen and oxygen atoms in total. The number of benzene rings is 1. The van der Waals surface area contributed by atoms with Gasteiger partial charge in [0.25, 0.3) is 5.91 Å². The molecule has 0 aliphatic carbocycles. The summed E-state index contributed by atoms with van der Waals surface area (Å²) in [7, 11) is 5.71. The van der Waals surface area contributed by atoms with Crippen LogP contribution in [0, 0.1) is 0 Å². The van der Waals surface area contributed by atoms with Crippen molar-refractivity contribution in [1.29, 1.82) is 0 Å². The topological polar surface area (TPSA) is 48.6 Å². The lowest BCUT2D eigenvalue weighted by atomic mass is 10.1. The number of aromatic amines is 1. The van der Waals surface area contributed by atoms with Gasteiger partial charge >= 0.3 is 0 Å². The zero-order valence-electron chi connectivity index (χ0n) is 13.4. The highest BCUT2D eigenvalue weighted by Crippen LogP contribution is 2.20. The van der Waals surface area contributed by atoms with Crippen LogP contribution in [0.2, 0.25) is 0 Å². The van der Waals surface area contributed by atoms with E-state index in [9.17, 15) is 4.79 Å². The van der Waals surface area contributed by atoms with Gasteiger partial charge in [-0.1, -0.05) is 6.07 Å². The molecule has 2 atom stereocenters. The summed E-state index contributed by atoms with van der Waals surface area (Å²) in [5.41, 5.74) is 1.72. The summed E-state index contributed by atoms with van der Waals surface area (Å²) in [6.45, 7) is 1.65. The highest BCUT2D eigenvalue weighted by Gasteiger charge is 2.31. The number of methoxy groups -OCH3 is 1. The normalized spacial score (nSPS) is 22.3. The number of carbonyl (C=O) groups excluding carboxylic acids is 1. The van der Waals surface area contributed by atoms with E-state index in [4.69, 9.17) is 4.74 Å². The number of likely N-dealkylation sites (tertiary alicyclic amines) is 1. The number of rotatable bonds is 4. The van der Waals surface area contributed by atoms with E-state index in [0.29, 0.717) is 6.04 Å². The van der Waals surface area contributed by atoms with E-state index in [2.05, 4.69) is 16.9 Å². The maximum Gasteiger partial charge on any atom is 0.253 e. The highest BCUT2D eigenvalue weighted by molar-refractivity contribution is 5.97. The fourth-order valence-corrected chi connectivity index (χ4v) is 3.21. The Labute approximate surface area is 130 Å². The molecule has 1 aliphatic rings. The Bertz CT molecular complexity index is 667. The number of amides is 1. The van der Waals surface area contributed by atoms with Crippen LogP contribution in [0.3, 0.4) is 0 Å². The van der Waals surface area contributed by atoms with Gasteiger partial charge in [-0.2, -0.15) is 0 Å². The Morgan fingerprint density at radius 1 is 1.45 bits per heavy atom. The van der Waals surface area contributed by atoms with E-state index in [1.165, 1.54) is 0 Å². The fourth-order valence-electron chi connectivity index (χ4n) is 3.21. The lowest BCUT2D eigenvalue weighted by Gasteiger charge is -2.25. The third kappa shape index (κ3) is 2.87. The van der Waals surface area contributed by atoms with Crippen molar-refractivity contribution in [1.82, 2.24) is 14.8 Å². The van der Waals surface area contributed by atoms with Gasteiger partial charge in [0.2, 0.25) is 0 Å². The second-order valence-corrected chi connectivity index (χ2v) is 6.15. The molecule has 118 valence electrons. The Hall–Kier alpha value is -1.85. The first-order valence-corrected chi connectivity index (χ1v) is 7.64. The van der Waals surface area contributed by atoms with Crippen LogP contribution in [0.25, 0.3) is 10.9 Å². The summed E-state index contributed by atoms with van der Waals surface area (Å²) in [5, 5.41) is 1.12. The number of nitrogens with zero attached hydrogens (tertiary/aromatic N) is 2. The van der Waals surface area contributed by atoms with Crippen LogP contribution >= 0.6 is 0 Å². The van der Waals surface area contributed by atoms with Crippen LogP contribution in [0.5, 0.6) is 0 Å². The van der Waals surface area contributed by atoms with Crippen LogP contribution in [0.1, 0.15) is 16.8 Å². The van der Waals surface area contributed by atoms with Gasteiger partial charge in [-0.15, -0.1) is 0 Å². The minimum Gasteiger partial charge on any atom is -0.380 e. The van der Waals surface area contributed by atoms with Crippen LogP contribution in [0.15, 0.2) is 30.5 Å². The number of ether oxygens (including phenoxy) is 1. The number of H-pyrrole nitrogens is 1. The second kappa shape index (κ2) is 6.10. The van der Waals surface area contributed by atoms with Crippen LogP contribution in [-0.4, -0.2) is 67.1 Å². The lowest BCUT2D eigenvalue weighted by molar-refractivity contribution is 0.0760. The predicted molar refractivity (Wildman–Crippen MR) is 87.1 cm³/mol. The Morgan fingerprint density at radius 2 is 2.27 bits per heavy atom. The van der Waals surface area contributed by atoms with Crippen LogP contribution in [0.4, 0.5) is 0 Å². The third-order valence-corrected chi connectivity index (χ3v) is 4.62. The molecule has 22 heavy (non-hydrogen) atoms. The zero-order chi connectivity index (χ0) is 15.7.